The van der Waals surface area contributed by atoms with Crippen LogP contribution < -0.4 is 5.32 Å². The molecule has 112 valence electrons. The molecule has 0 aliphatic rings. The van der Waals surface area contributed by atoms with Crippen LogP contribution in [0.5, 0.6) is 0 Å². The first-order chi connectivity index (χ1) is 9.11. The lowest BCUT2D eigenvalue weighted by Crippen LogP contribution is -2.32. The van der Waals surface area contributed by atoms with Crippen LogP contribution in [0.25, 0.3) is 0 Å². The number of carbonyl (C=O) groups is 1. The number of sulfonamides is 1. The molecular weight excluding hydrogens is 300 g/mol. The van der Waals surface area contributed by atoms with Crippen molar-refractivity contribution in [2.75, 3.05) is 25.3 Å². The van der Waals surface area contributed by atoms with Gasteiger partial charge in [-0.2, -0.15) is 0 Å². The maximum Gasteiger partial charge on any atom is 0.242 e. The van der Waals surface area contributed by atoms with Crippen LogP contribution >= 0.6 is 11.6 Å². The van der Waals surface area contributed by atoms with E-state index in [0.717, 1.165) is 4.31 Å². The highest BCUT2D eigenvalue weighted by molar-refractivity contribution is 7.89. The lowest BCUT2D eigenvalue weighted by atomic mass is 9.95. The minimum absolute atomic E-state index is 0.178. The van der Waals surface area contributed by atoms with E-state index in [0.29, 0.717) is 5.69 Å². The zero-order chi connectivity index (χ0) is 15.6. The average Bonchev–Trinajstić information content (AvgIpc) is 2.39. The maximum absolute atomic E-state index is 11.9. The van der Waals surface area contributed by atoms with Gasteiger partial charge in [0.2, 0.25) is 15.9 Å². The van der Waals surface area contributed by atoms with Gasteiger partial charge in [-0.15, -0.1) is 11.6 Å². The van der Waals surface area contributed by atoms with Crippen LogP contribution in [0.3, 0.4) is 0 Å². The summed E-state index contributed by atoms with van der Waals surface area (Å²) in [5.41, 5.74) is -0.151. The molecule has 0 saturated carbocycles. The van der Waals surface area contributed by atoms with E-state index in [-0.39, 0.29) is 16.7 Å². The van der Waals surface area contributed by atoms with Crippen molar-refractivity contribution < 1.29 is 13.2 Å². The molecule has 1 N–H and O–H groups in total. The van der Waals surface area contributed by atoms with Gasteiger partial charge in [0.05, 0.1) is 10.3 Å². The number of nitrogens with zero attached hydrogens (tertiary/aromatic N) is 1. The van der Waals surface area contributed by atoms with Crippen LogP contribution in [0, 0.1) is 5.41 Å². The second-order valence-electron chi connectivity index (χ2n) is 5.28. The Balaban J connectivity index is 2.91. The third-order valence-corrected chi connectivity index (χ3v) is 5.34. The first-order valence-corrected chi connectivity index (χ1v) is 7.99. The van der Waals surface area contributed by atoms with Gasteiger partial charge < -0.3 is 5.32 Å². The Labute approximate surface area is 125 Å². The quantitative estimate of drug-likeness (QED) is 0.846. The molecule has 7 heteroatoms. The van der Waals surface area contributed by atoms with E-state index in [1.165, 1.54) is 26.2 Å². The zero-order valence-corrected chi connectivity index (χ0v) is 13.5. The Morgan fingerprint density at radius 2 is 1.75 bits per heavy atom. The second-order valence-corrected chi connectivity index (χ2v) is 7.70. The van der Waals surface area contributed by atoms with Gasteiger partial charge in [-0.3, -0.25) is 4.79 Å². The number of halogens is 1. The number of amides is 1. The predicted molar refractivity (Wildman–Crippen MR) is 80.4 cm³/mol. The smallest absolute Gasteiger partial charge is 0.242 e. The number of alkyl halides is 1. The van der Waals surface area contributed by atoms with Crippen LogP contribution in [0.2, 0.25) is 0 Å². The molecule has 1 amide bonds. The SMILES string of the molecule is CN(C)S(=O)(=O)c1ccc(NC(=O)C(C)(C)CCl)cc1. The highest BCUT2D eigenvalue weighted by Crippen LogP contribution is 2.21. The van der Waals surface area contributed by atoms with Crippen molar-refractivity contribution in [1.82, 2.24) is 4.31 Å². The molecule has 0 fully saturated rings. The van der Waals surface area contributed by atoms with E-state index < -0.39 is 15.4 Å². The van der Waals surface area contributed by atoms with Crippen LogP contribution in [0.15, 0.2) is 29.2 Å². The number of hydrogen-bond acceptors (Lipinski definition) is 3. The van der Waals surface area contributed by atoms with Crippen molar-refractivity contribution in [3.8, 4) is 0 Å². The molecule has 0 aliphatic heterocycles. The second kappa shape index (κ2) is 6.11. The Bertz CT molecular complexity index is 580. The summed E-state index contributed by atoms with van der Waals surface area (Å²) in [4.78, 5) is 12.1. The summed E-state index contributed by atoms with van der Waals surface area (Å²) in [5.74, 6) is -0.0120. The third-order valence-electron chi connectivity index (χ3n) is 2.84. The van der Waals surface area contributed by atoms with Crippen molar-refractivity contribution >= 4 is 33.2 Å². The van der Waals surface area contributed by atoms with Gasteiger partial charge >= 0.3 is 0 Å². The Kier molecular flexibility index (Phi) is 5.18. The molecule has 0 unspecified atom stereocenters. The van der Waals surface area contributed by atoms with E-state index in [9.17, 15) is 13.2 Å². The summed E-state index contributed by atoms with van der Waals surface area (Å²) in [7, 11) is -0.523. The molecular formula is C13H19ClN2O3S. The summed E-state index contributed by atoms with van der Waals surface area (Å²) < 4.78 is 24.9. The van der Waals surface area contributed by atoms with Crippen molar-refractivity contribution in [2.24, 2.45) is 5.41 Å². The third kappa shape index (κ3) is 3.71. The van der Waals surface area contributed by atoms with E-state index in [1.807, 2.05) is 0 Å². The summed E-state index contributed by atoms with van der Waals surface area (Å²) in [5, 5.41) is 2.71. The van der Waals surface area contributed by atoms with E-state index >= 15 is 0 Å². The largest absolute Gasteiger partial charge is 0.326 e. The van der Waals surface area contributed by atoms with Crippen LogP contribution in [0.1, 0.15) is 13.8 Å². The lowest BCUT2D eigenvalue weighted by Gasteiger charge is -2.20. The maximum atomic E-state index is 11.9. The fraction of sp³-hybridized carbons (Fsp3) is 0.462. The van der Waals surface area contributed by atoms with Crippen molar-refractivity contribution in [1.29, 1.82) is 0 Å². The van der Waals surface area contributed by atoms with Gasteiger partial charge in [0, 0.05) is 25.7 Å². The molecule has 0 saturated heterocycles. The molecule has 0 aliphatic carbocycles. The van der Waals surface area contributed by atoms with Gasteiger partial charge in [0.1, 0.15) is 0 Å². The molecule has 1 aromatic carbocycles. The molecule has 0 heterocycles. The number of carbonyl (C=O) groups excluding carboxylic acids is 1. The first-order valence-electron chi connectivity index (χ1n) is 6.01. The van der Waals surface area contributed by atoms with E-state index in [4.69, 9.17) is 11.6 Å². The summed E-state index contributed by atoms with van der Waals surface area (Å²) >= 11 is 5.73. The minimum Gasteiger partial charge on any atom is -0.326 e. The van der Waals surface area contributed by atoms with Crippen molar-refractivity contribution in [2.45, 2.75) is 18.7 Å². The van der Waals surface area contributed by atoms with Crippen molar-refractivity contribution in [3.63, 3.8) is 0 Å². The Morgan fingerprint density at radius 3 is 2.15 bits per heavy atom. The normalized spacial score (nSPS) is 12.5. The van der Waals surface area contributed by atoms with Crippen LogP contribution in [-0.2, 0) is 14.8 Å². The number of nitrogens with one attached hydrogen (secondary N) is 1. The number of hydrogen-bond donors (Lipinski definition) is 1. The monoisotopic (exact) mass is 318 g/mol. The summed E-state index contributed by atoms with van der Waals surface area (Å²) in [6.07, 6.45) is 0. The molecule has 1 rings (SSSR count). The van der Waals surface area contributed by atoms with Crippen molar-refractivity contribution in [3.05, 3.63) is 24.3 Å². The molecule has 1 aromatic rings. The molecule has 20 heavy (non-hydrogen) atoms. The summed E-state index contributed by atoms with van der Waals surface area (Å²) in [6, 6.07) is 6.02. The zero-order valence-electron chi connectivity index (χ0n) is 12.0. The topological polar surface area (TPSA) is 66.5 Å². The molecule has 0 atom stereocenters. The highest BCUT2D eigenvalue weighted by Gasteiger charge is 2.26. The molecule has 0 aromatic heterocycles. The standard InChI is InChI=1S/C13H19ClN2O3S/c1-13(2,9-14)12(17)15-10-5-7-11(8-6-10)20(18,19)16(3)4/h5-8H,9H2,1-4H3,(H,15,17). The number of anilines is 1. The Hall–Kier alpha value is -1.11. The Morgan fingerprint density at radius 1 is 1.25 bits per heavy atom. The molecule has 0 bridgehead atoms. The first kappa shape index (κ1) is 16.9. The van der Waals surface area contributed by atoms with Gasteiger partial charge in [-0.05, 0) is 38.1 Å². The fourth-order valence-corrected chi connectivity index (χ4v) is 2.31. The van der Waals surface area contributed by atoms with E-state index in [1.54, 1.807) is 26.0 Å². The minimum atomic E-state index is -3.46. The lowest BCUT2D eigenvalue weighted by molar-refractivity contribution is -0.122. The number of benzene rings is 1. The highest BCUT2D eigenvalue weighted by atomic mass is 35.5. The van der Waals surface area contributed by atoms with Gasteiger partial charge in [-0.25, -0.2) is 12.7 Å². The molecule has 0 spiro atoms. The van der Waals surface area contributed by atoms with Gasteiger partial charge in [0.15, 0.2) is 0 Å². The van der Waals surface area contributed by atoms with Gasteiger partial charge in [0.25, 0.3) is 0 Å². The molecule has 5 nitrogen and oxygen atoms in total. The predicted octanol–water partition coefficient (Wildman–Crippen LogP) is 2.14. The van der Waals surface area contributed by atoms with Gasteiger partial charge in [-0.1, -0.05) is 0 Å². The number of rotatable bonds is 5. The van der Waals surface area contributed by atoms with E-state index in [2.05, 4.69) is 5.32 Å². The summed E-state index contributed by atoms with van der Waals surface area (Å²) in [6.45, 7) is 3.47. The average molecular weight is 319 g/mol. The van der Waals surface area contributed by atoms with Crippen LogP contribution in [-0.4, -0.2) is 38.6 Å². The fourth-order valence-electron chi connectivity index (χ4n) is 1.28. The molecule has 0 radical (unpaired) electrons. The van der Waals surface area contributed by atoms with Crippen LogP contribution in [0.4, 0.5) is 5.69 Å².